The van der Waals surface area contributed by atoms with Crippen LogP contribution in [0.4, 0.5) is 10.9 Å². The first-order valence-corrected chi connectivity index (χ1v) is 10.1. The van der Waals surface area contributed by atoms with Gasteiger partial charge in [0.25, 0.3) is 0 Å². The molecule has 0 saturated carbocycles. The lowest BCUT2D eigenvalue weighted by Gasteiger charge is -2.13. The lowest BCUT2D eigenvalue weighted by atomic mass is 9.95. The van der Waals surface area contributed by atoms with Gasteiger partial charge in [0, 0.05) is 11.9 Å². The number of aromatic nitrogens is 2. The fraction of sp³-hybridized carbons (Fsp3) is 0.333. The van der Waals surface area contributed by atoms with Crippen LogP contribution in [0.1, 0.15) is 25.0 Å². The van der Waals surface area contributed by atoms with E-state index in [4.69, 9.17) is 4.98 Å². The Hall–Kier alpha value is -2.24. The molecule has 1 aliphatic heterocycles. The summed E-state index contributed by atoms with van der Waals surface area (Å²) in [5, 5.41) is 7.73. The Morgan fingerprint density at radius 3 is 2.88 bits per heavy atom. The van der Waals surface area contributed by atoms with Crippen LogP contribution in [0.15, 0.2) is 54.7 Å². The second-order valence-electron chi connectivity index (χ2n) is 6.79. The molecule has 1 aliphatic rings. The summed E-state index contributed by atoms with van der Waals surface area (Å²) in [5.41, 5.74) is 2.36. The van der Waals surface area contributed by atoms with Gasteiger partial charge in [0.05, 0.1) is 4.88 Å². The van der Waals surface area contributed by atoms with Gasteiger partial charge in [-0.3, -0.25) is 0 Å². The molecule has 0 spiro atoms. The molecular formula is C21H24N4S. The minimum Gasteiger partial charge on any atom is -0.317 e. The van der Waals surface area contributed by atoms with E-state index in [0.29, 0.717) is 0 Å². The highest BCUT2D eigenvalue weighted by Gasteiger charge is 2.13. The van der Waals surface area contributed by atoms with Gasteiger partial charge in [-0.15, -0.1) is 0 Å². The molecule has 1 atom stereocenters. The Kier molecular flexibility index (Phi) is 5.57. The van der Waals surface area contributed by atoms with Gasteiger partial charge >= 0.3 is 0 Å². The van der Waals surface area contributed by atoms with Crippen LogP contribution in [-0.2, 0) is 6.42 Å². The number of rotatable bonds is 5. The first-order valence-electron chi connectivity index (χ1n) is 9.32. The predicted octanol–water partition coefficient (Wildman–Crippen LogP) is 4.88. The maximum absolute atomic E-state index is 4.81. The molecule has 4 rings (SSSR count). The average molecular weight is 365 g/mol. The fourth-order valence-corrected chi connectivity index (χ4v) is 4.26. The fourth-order valence-electron chi connectivity index (χ4n) is 3.43. The Morgan fingerprint density at radius 1 is 1.04 bits per heavy atom. The molecule has 26 heavy (non-hydrogen) atoms. The largest absolute Gasteiger partial charge is 0.317 e. The van der Waals surface area contributed by atoms with Crippen molar-refractivity contribution in [2.75, 3.05) is 18.4 Å². The minimum atomic E-state index is 0.734. The van der Waals surface area contributed by atoms with Gasteiger partial charge in [0.2, 0.25) is 0 Å². The van der Waals surface area contributed by atoms with E-state index >= 15 is 0 Å². The van der Waals surface area contributed by atoms with Crippen molar-refractivity contribution < 1.29 is 0 Å². The molecule has 1 saturated heterocycles. The molecular weight excluding hydrogens is 340 g/mol. The Bertz CT molecular complexity index is 823. The molecule has 0 aliphatic carbocycles. The van der Waals surface area contributed by atoms with Crippen LogP contribution in [-0.4, -0.2) is 23.1 Å². The average Bonchev–Trinajstić information content (AvgIpc) is 2.98. The van der Waals surface area contributed by atoms with Crippen LogP contribution in [0.3, 0.4) is 0 Å². The molecule has 1 fully saturated rings. The Morgan fingerprint density at radius 2 is 1.96 bits per heavy atom. The van der Waals surface area contributed by atoms with E-state index in [1.807, 2.05) is 18.3 Å². The summed E-state index contributed by atoms with van der Waals surface area (Å²) in [5.74, 6) is 1.61. The van der Waals surface area contributed by atoms with E-state index in [1.54, 1.807) is 11.3 Å². The third-order valence-electron chi connectivity index (χ3n) is 4.80. The number of nitrogens with one attached hydrogen (secondary N) is 2. The zero-order valence-electron chi connectivity index (χ0n) is 14.8. The van der Waals surface area contributed by atoms with Gasteiger partial charge in [-0.25, -0.2) is 9.97 Å². The number of nitrogens with zero attached hydrogens (tertiary/aromatic N) is 2. The van der Waals surface area contributed by atoms with Crippen molar-refractivity contribution >= 4 is 22.3 Å². The minimum absolute atomic E-state index is 0.734. The zero-order chi connectivity index (χ0) is 17.6. The Balaban J connectivity index is 1.43. The van der Waals surface area contributed by atoms with Gasteiger partial charge in [0.15, 0.2) is 5.13 Å². The lowest BCUT2D eigenvalue weighted by Crippen LogP contribution is -2.14. The van der Waals surface area contributed by atoms with Crippen LogP contribution in [0.5, 0.6) is 0 Å². The maximum Gasteiger partial charge on any atom is 0.188 e. The number of hydrogen-bond donors (Lipinski definition) is 2. The molecule has 4 nitrogen and oxygen atoms in total. The highest BCUT2D eigenvalue weighted by atomic mass is 32.1. The normalized spacial score (nSPS) is 17.6. The molecule has 2 aromatic heterocycles. The third kappa shape index (κ3) is 4.48. The highest BCUT2D eigenvalue weighted by molar-refractivity contribution is 7.18. The van der Waals surface area contributed by atoms with E-state index in [2.05, 4.69) is 52.0 Å². The second-order valence-corrected chi connectivity index (χ2v) is 7.82. The summed E-state index contributed by atoms with van der Waals surface area (Å²) in [4.78, 5) is 10.5. The molecule has 2 N–H and O–H groups in total. The lowest BCUT2D eigenvalue weighted by molar-refractivity contribution is 0.465. The van der Waals surface area contributed by atoms with Crippen molar-refractivity contribution in [2.24, 2.45) is 5.92 Å². The van der Waals surface area contributed by atoms with Crippen LogP contribution < -0.4 is 10.6 Å². The molecule has 0 bridgehead atoms. The van der Waals surface area contributed by atoms with Crippen molar-refractivity contribution in [3.05, 3.63) is 60.4 Å². The van der Waals surface area contributed by atoms with E-state index in [9.17, 15) is 0 Å². The van der Waals surface area contributed by atoms with Crippen molar-refractivity contribution in [2.45, 2.75) is 25.7 Å². The molecule has 0 radical (unpaired) electrons. The molecule has 1 aromatic carbocycles. The van der Waals surface area contributed by atoms with Gasteiger partial charge in [-0.2, -0.15) is 0 Å². The van der Waals surface area contributed by atoms with Crippen molar-refractivity contribution in [3.8, 4) is 10.4 Å². The van der Waals surface area contributed by atoms with Gasteiger partial charge in [-0.1, -0.05) is 47.7 Å². The first-order chi connectivity index (χ1) is 12.9. The van der Waals surface area contributed by atoms with Crippen LogP contribution in [0, 0.1) is 5.92 Å². The third-order valence-corrected chi connectivity index (χ3v) is 5.76. The molecule has 0 unspecified atom stereocenters. The van der Waals surface area contributed by atoms with Crippen LogP contribution >= 0.6 is 11.3 Å². The smallest absolute Gasteiger partial charge is 0.188 e. The predicted molar refractivity (Wildman–Crippen MR) is 109 cm³/mol. The summed E-state index contributed by atoms with van der Waals surface area (Å²) in [6, 6.07) is 16.6. The summed E-state index contributed by atoms with van der Waals surface area (Å²) in [6.45, 7) is 2.28. The number of thiazole rings is 1. The van der Waals surface area contributed by atoms with Crippen LogP contribution in [0.25, 0.3) is 10.4 Å². The summed E-state index contributed by atoms with van der Waals surface area (Å²) >= 11 is 1.65. The second kappa shape index (κ2) is 8.43. The van der Waals surface area contributed by atoms with E-state index in [-0.39, 0.29) is 0 Å². The van der Waals surface area contributed by atoms with Crippen molar-refractivity contribution in [3.63, 3.8) is 0 Å². The van der Waals surface area contributed by atoms with Crippen molar-refractivity contribution in [1.82, 2.24) is 15.3 Å². The van der Waals surface area contributed by atoms with Gasteiger partial charge in [-0.05, 0) is 62.4 Å². The molecule has 3 aromatic rings. The molecule has 3 heterocycles. The summed E-state index contributed by atoms with van der Waals surface area (Å²) in [7, 11) is 0. The first kappa shape index (κ1) is 17.2. The number of pyridine rings is 1. The Labute approximate surface area is 158 Å². The van der Waals surface area contributed by atoms with E-state index < -0.39 is 0 Å². The van der Waals surface area contributed by atoms with E-state index in [0.717, 1.165) is 41.3 Å². The van der Waals surface area contributed by atoms with Crippen LogP contribution in [0.2, 0.25) is 0 Å². The number of anilines is 2. The standard InChI is InChI=1S/C21H24N4S/c1-2-7-17(8-3-1)19-15-23-21(26-19)25-20-10-4-9-18(24-20)14-16-6-5-12-22-13-11-16/h1-4,7-10,15-16,22H,5-6,11-14H2,(H,23,24,25)/t16-/m1/s1. The molecule has 134 valence electrons. The quantitative estimate of drug-likeness (QED) is 0.677. The number of benzene rings is 1. The molecule has 5 heteroatoms. The monoisotopic (exact) mass is 364 g/mol. The zero-order valence-corrected chi connectivity index (χ0v) is 15.6. The van der Waals surface area contributed by atoms with Gasteiger partial charge < -0.3 is 10.6 Å². The topological polar surface area (TPSA) is 49.8 Å². The SMILES string of the molecule is c1ccc(-c2cnc(Nc3cccc(C[C@@H]4CCCNCC4)n3)s2)cc1. The highest BCUT2D eigenvalue weighted by Crippen LogP contribution is 2.30. The summed E-state index contributed by atoms with van der Waals surface area (Å²) < 4.78 is 0. The van der Waals surface area contributed by atoms with E-state index in [1.165, 1.54) is 30.5 Å². The maximum atomic E-state index is 4.81. The number of hydrogen-bond acceptors (Lipinski definition) is 5. The summed E-state index contributed by atoms with van der Waals surface area (Å²) in [6.07, 6.45) is 6.78. The van der Waals surface area contributed by atoms with Crippen molar-refractivity contribution in [1.29, 1.82) is 0 Å². The van der Waals surface area contributed by atoms with Gasteiger partial charge in [0.1, 0.15) is 5.82 Å². The molecule has 0 amide bonds.